The molecule has 0 spiro atoms. The Balaban J connectivity index is 1.95. The molecule has 0 saturated carbocycles. The average Bonchev–Trinajstić information content (AvgIpc) is 2.45. The standard InChI is InChI=1S/C14H22N2O3S/c1-2-3-11-20(18,19)16-9-7-15(8-10-16)13-5-4-6-14(17)12-13/h4-6,12,17H,2-3,7-11H2,1H3. The molecule has 1 aromatic carbocycles. The number of hydrogen-bond acceptors (Lipinski definition) is 4. The van der Waals surface area contributed by atoms with Gasteiger partial charge in [-0.2, -0.15) is 4.31 Å². The molecule has 1 aliphatic heterocycles. The Morgan fingerprint density at radius 3 is 2.50 bits per heavy atom. The summed E-state index contributed by atoms with van der Waals surface area (Å²) < 4.78 is 25.8. The maximum atomic E-state index is 12.1. The lowest BCUT2D eigenvalue weighted by atomic mass is 10.2. The number of sulfonamides is 1. The molecule has 0 aliphatic carbocycles. The highest BCUT2D eigenvalue weighted by molar-refractivity contribution is 7.89. The number of hydrogen-bond donors (Lipinski definition) is 1. The molecule has 0 unspecified atom stereocenters. The van der Waals surface area contributed by atoms with E-state index in [0.29, 0.717) is 26.2 Å². The topological polar surface area (TPSA) is 60.9 Å². The molecular weight excluding hydrogens is 276 g/mol. The summed E-state index contributed by atoms with van der Waals surface area (Å²) in [7, 11) is -3.10. The minimum atomic E-state index is -3.10. The fraction of sp³-hybridized carbons (Fsp3) is 0.571. The van der Waals surface area contributed by atoms with E-state index in [1.54, 1.807) is 22.5 Å². The summed E-state index contributed by atoms with van der Waals surface area (Å²) in [5.41, 5.74) is 0.940. The van der Waals surface area contributed by atoms with Crippen molar-refractivity contribution >= 4 is 15.7 Å². The highest BCUT2D eigenvalue weighted by Gasteiger charge is 2.26. The van der Waals surface area contributed by atoms with Gasteiger partial charge < -0.3 is 10.0 Å². The largest absolute Gasteiger partial charge is 0.508 e. The van der Waals surface area contributed by atoms with Crippen molar-refractivity contribution < 1.29 is 13.5 Å². The minimum absolute atomic E-state index is 0.237. The first kappa shape index (κ1) is 15.1. The Labute approximate surface area is 120 Å². The van der Waals surface area contributed by atoms with Gasteiger partial charge in [-0.15, -0.1) is 0 Å². The van der Waals surface area contributed by atoms with Crippen LogP contribution in [0.4, 0.5) is 5.69 Å². The Bertz CT molecular complexity index is 537. The molecule has 1 saturated heterocycles. The van der Waals surface area contributed by atoms with Crippen LogP contribution in [0.1, 0.15) is 19.8 Å². The van der Waals surface area contributed by atoms with Gasteiger partial charge in [0.25, 0.3) is 0 Å². The Hall–Kier alpha value is -1.27. The van der Waals surface area contributed by atoms with E-state index in [1.165, 1.54) is 0 Å². The third-order valence-electron chi connectivity index (χ3n) is 3.58. The smallest absolute Gasteiger partial charge is 0.214 e. The van der Waals surface area contributed by atoms with Crippen LogP contribution in [0.15, 0.2) is 24.3 Å². The third kappa shape index (κ3) is 3.64. The van der Waals surface area contributed by atoms with Gasteiger partial charge in [0.05, 0.1) is 5.75 Å². The zero-order valence-corrected chi connectivity index (χ0v) is 12.6. The van der Waals surface area contributed by atoms with Crippen molar-refractivity contribution in [3.8, 4) is 5.75 Å². The lowest BCUT2D eigenvalue weighted by Crippen LogP contribution is -2.49. The van der Waals surface area contributed by atoms with Gasteiger partial charge in [-0.25, -0.2) is 8.42 Å². The normalized spacial score (nSPS) is 17.4. The fourth-order valence-electron chi connectivity index (χ4n) is 2.37. The number of phenols is 1. The van der Waals surface area contributed by atoms with E-state index in [4.69, 9.17) is 0 Å². The second-order valence-electron chi connectivity index (χ2n) is 5.08. The number of nitrogens with zero attached hydrogens (tertiary/aromatic N) is 2. The molecular formula is C14H22N2O3S. The van der Waals surface area contributed by atoms with Crippen molar-refractivity contribution in [1.29, 1.82) is 0 Å². The van der Waals surface area contributed by atoms with Gasteiger partial charge in [-0.1, -0.05) is 19.4 Å². The molecule has 1 aromatic rings. The second kappa shape index (κ2) is 6.45. The number of aromatic hydroxyl groups is 1. The van der Waals surface area contributed by atoms with Crippen LogP contribution in [-0.4, -0.2) is 49.8 Å². The number of anilines is 1. The summed E-state index contributed by atoms with van der Waals surface area (Å²) in [6.07, 6.45) is 1.61. The maximum Gasteiger partial charge on any atom is 0.214 e. The quantitative estimate of drug-likeness (QED) is 0.898. The van der Waals surface area contributed by atoms with Gasteiger partial charge in [0, 0.05) is 37.9 Å². The van der Waals surface area contributed by atoms with E-state index >= 15 is 0 Å². The molecule has 0 radical (unpaired) electrons. The van der Waals surface area contributed by atoms with E-state index in [1.807, 2.05) is 13.0 Å². The van der Waals surface area contributed by atoms with Gasteiger partial charge in [0.2, 0.25) is 10.0 Å². The van der Waals surface area contributed by atoms with Gasteiger partial charge in [0.1, 0.15) is 5.75 Å². The van der Waals surface area contributed by atoms with Gasteiger partial charge in [-0.05, 0) is 18.6 Å². The van der Waals surface area contributed by atoms with Crippen LogP contribution < -0.4 is 4.90 Å². The molecule has 1 heterocycles. The first-order valence-electron chi connectivity index (χ1n) is 7.05. The van der Waals surface area contributed by atoms with Crippen molar-refractivity contribution in [3.63, 3.8) is 0 Å². The number of phenolic OH excluding ortho intramolecular Hbond substituents is 1. The third-order valence-corrected chi connectivity index (χ3v) is 5.54. The molecule has 1 aliphatic rings. The van der Waals surface area contributed by atoms with Crippen LogP contribution in [0.2, 0.25) is 0 Å². The van der Waals surface area contributed by atoms with Crippen LogP contribution >= 0.6 is 0 Å². The first-order chi connectivity index (χ1) is 9.53. The lowest BCUT2D eigenvalue weighted by molar-refractivity contribution is 0.384. The molecule has 0 aromatic heterocycles. The predicted octanol–water partition coefficient (Wildman–Crippen LogP) is 1.64. The monoisotopic (exact) mass is 298 g/mol. The van der Waals surface area contributed by atoms with E-state index in [-0.39, 0.29) is 11.5 Å². The average molecular weight is 298 g/mol. The Morgan fingerprint density at radius 2 is 1.90 bits per heavy atom. The van der Waals surface area contributed by atoms with Crippen LogP contribution in [-0.2, 0) is 10.0 Å². The molecule has 2 rings (SSSR count). The molecule has 5 nitrogen and oxygen atoms in total. The van der Waals surface area contributed by atoms with Crippen LogP contribution in [0.5, 0.6) is 5.75 Å². The molecule has 0 atom stereocenters. The first-order valence-corrected chi connectivity index (χ1v) is 8.65. The predicted molar refractivity (Wildman–Crippen MR) is 80.6 cm³/mol. The Morgan fingerprint density at radius 1 is 1.20 bits per heavy atom. The summed E-state index contributed by atoms with van der Waals surface area (Å²) in [5, 5.41) is 9.49. The van der Waals surface area contributed by atoms with Crippen molar-refractivity contribution in [3.05, 3.63) is 24.3 Å². The SMILES string of the molecule is CCCCS(=O)(=O)N1CCN(c2cccc(O)c2)CC1. The second-order valence-corrected chi connectivity index (χ2v) is 7.16. The highest BCUT2D eigenvalue weighted by atomic mass is 32.2. The molecule has 0 amide bonds. The summed E-state index contributed by atoms with van der Waals surface area (Å²) in [6.45, 7) is 4.35. The van der Waals surface area contributed by atoms with Crippen LogP contribution in [0.25, 0.3) is 0 Å². The van der Waals surface area contributed by atoms with Crippen molar-refractivity contribution in [1.82, 2.24) is 4.31 Å². The molecule has 20 heavy (non-hydrogen) atoms. The van der Waals surface area contributed by atoms with Crippen LogP contribution in [0.3, 0.4) is 0 Å². The van der Waals surface area contributed by atoms with Gasteiger partial charge in [0.15, 0.2) is 0 Å². The number of unbranched alkanes of at least 4 members (excludes halogenated alkanes) is 1. The van der Waals surface area contributed by atoms with Gasteiger partial charge in [-0.3, -0.25) is 0 Å². The van der Waals surface area contributed by atoms with E-state index in [9.17, 15) is 13.5 Å². The summed E-state index contributed by atoms with van der Waals surface area (Å²) >= 11 is 0. The van der Waals surface area contributed by atoms with E-state index < -0.39 is 10.0 Å². The van der Waals surface area contributed by atoms with Crippen LogP contribution in [0, 0.1) is 0 Å². The van der Waals surface area contributed by atoms with E-state index in [0.717, 1.165) is 18.5 Å². The summed E-state index contributed by atoms with van der Waals surface area (Å²) in [4.78, 5) is 2.10. The molecule has 0 bridgehead atoms. The van der Waals surface area contributed by atoms with Gasteiger partial charge >= 0.3 is 0 Å². The fourth-order valence-corrected chi connectivity index (χ4v) is 4.00. The summed E-state index contributed by atoms with van der Waals surface area (Å²) in [5.74, 6) is 0.482. The highest BCUT2D eigenvalue weighted by Crippen LogP contribution is 2.22. The molecule has 6 heteroatoms. The molecule has 112 valence electrons. The Kier molecular flexibility index (Phi) is 4.88. The lowest BCUT2D eigenvalue weighted by Gasteiger charge is -2.35. The summed E-state index contributed by atoms with van der Waals surface area (Å²) in [6, 6.07) is 7.08. The minimum Gasteiger partial charge on any atom is -0.508 e. The van der Waals surface area contributed by atoms with Crippen molar-refractivity contribution in [2.75, 3.05) is 36.8 Å². The van der Waals surface area contributed by atoms with Crippen molar-refractivity contribution in [2.24, 2.45) is 0 Å². The number of benzene rings is 1. The zero-order valence-electron chi connectivity index (χ0n) is 11.8. The maximum absolute atomic E-state index is 12.1. The molecule has 1 fully saturated rings. The van der Waals surface area contributed by atoms with E-state index in [2.05, 4.69) is 4.90 Å². The number of rotatable bonds is 5. The van der Waals surface area contributed by atoms with Crippen molar-refractivity contribution in [2.45, 2.75) is 19.8 Å². The molecule has 1 N–H and O–H groups in total. The zero-order chi connectivity index (χ0) is 14.6. The number of piperazine rings is 1.